The van der Waals surface area contributed by atoms with Crippen LogP contribution in [0.15, 0.2) is 78.9 Å². The third-order valence-corrected chi connectivity index (χ3v) is 4.34. The van der Waals surface area contributed by atoms with E-state index in [1.807, 2.05) is 6.07 Å². The van der Waals surface area contributed by atoms with Crippen LogP contribution in [0.1, 0.15) is 38.8 Å². The normalized spacial score (nSPS) is 11.1. The molecule has 1 atom stereocenters. The van der Waals surface area contributed by atoms with Gasteiger partial charge in [-0.15, -0.1) is 0 Å². The van der Waals surface area contributed by atoms with Crippen LogP contribution >= 0.6 is 0 Å². The van der Waals surface area contributed by atoms with E-state index in [4.69, 9.17) is 10.00 Å². The van der Waals surface area contributed by atoms with Gasteiger partial charge in [-0.3, -0.25) is 9.59 Å². The maximum atomic E-state index is 12.8. The Bertz CT molecular complexity index is 1130. The zero-order valence-electron chi connectivity index (χ0n) is 16.2. The summed E-state index contributed by atoms with van der Waals surface area (Å²) in [6.45, 7) is 1.43. The van der Waals surface area contributed by atoms with Gasteiger partial charge in [0.1, 0.15) is 0 Å². The van der Waals surface area contributed by atoms with Gasteiger partial charge in [0.15, 0.2) is 11.9 Å². The standard InChI is InChI=1S/C24H18N2O4/c1-16(23(28)26-19-11-7-8-17(14-19)15-25)30-24(29)21-13-6-5-12-20(21)22(27)18-9-3-2-4-10-18/h2-14,16H,1H3,(H,26,28)/t16-/m0/s1. The largest absolute Gasteiger partial charge is 0.449 e. The molecule has 0 unspecified atom stereocenters. The molecule has 3 aromatic carbocycles. The molecule has 6 nitrogen and oxygen atoms in total. The van der Waals surface area contributed by atoms with Crippen LogP contribution in [0.5, 0.6) is 0 Å². The van der Waals surface area contributed by atoms with Crippen LogP contribution in [0.2, 0.25) is 0 Å². The molecule has 0 aromatic heterocycles. The van der Waals surface area contributed by atoms with Gasteiger partial charge < -0.3 is 10.1 Å². The van der Waals surface area contributed by atoms with Crippen molar-refractivity contribution >= 4 is 23.3 Å². The zero-order chi connectivity index (χ0) is 21.5. The number of nitriles is 1. The number of ether oxygens (including phenoxy) is 1. The number of hydrogen-bond acceptors (Lipinski definition) is 5. The quantitative estimate of drug-likeness (QED) is 0.501. The summed E-state index contributed by atoms with van der Waals surface area (Å²) in [6.07, 6.45) is -1.11. The summed E-state index contributed by atoms with van der Waals surface area (Å²) in [7, 11) is 0. The maximum Gasteiger partial charge on any atom is 0.339 e. The molecular weight excluding hydrogens is 380 g/mol. The summed E-state index contributed by atoms with van der Waals surface area (Å²) in [5, 5.41) is 11.5. The molecule has 6 heteroatoms. The first kappa shape index (κ1) is 20.5. The zero-order valence-corrected chi connectivity index (χ0v) is 16.2. The summed E-state index contributed by atoms with van der Waals surface area (Å²) in [5.41, 5.74) is 1.54. The number of carbonyl (C=O) groups excluding carboxylic acids is 3. The van der Waals surface area contributed by atoms with Crippen LogP contribution in [0, 0.1) is 11.3 Å². The number of nitrogens with one attached hydrogen (secondary N) is 1. The Kier molecular flexibility index (Phi) is 6.36. The minimum Gasteiger partial charge on any atom is -0.449 e. The maximum absolute atomic E-state index is 12.8. The molecular formula is C24H18N2O4. The van der Waals surface area contributed by atoms with Crippen LogP contribution in [-0.4, -0.2) is 23.8 Å². The summed E-state index contributed by atoms with van der Waals surface area (Å²) < 4.78 is 5.29. The number of hydrogen-bond donors (Lipinski definition) is 1. The SMILES string of the molecule is C[C@H](OC(=O)c1ccccc1C(=O)c1ccccc1)C(=O)Nc1cccc(C#N)c1. The number of anilines is 1. The Balaban J connectivity index is 1.73. The molecule has 0 heterocycles. The van der Waals surface area contributed by atoms with Crippen LogP contribution in [0.4, 0.5) is 5.69 Å². The van der Waals surface area contributed by atoms with Crippen molar-refractivity contribution in [3.63, 3.8) is 0 Å². The molecule has 3 aromatic rings. The Hall–Kier alpha value is -4.24. The molecule has 0 fully saturated rings. The van der Waals surface area contributed by atoms with E-state index in [1.165, 1.54) is 19.1 Å². The summed E-state index contributed by atoms with van der Waals surface area (Å²) in [4.78, 5) is 37.8. The lowest BCUT2D eigenvalue weighted by molar-refractivity contribution is -0.123. The number of nitrogens with zero attached hydrogens (tertiary/aromatic N) is 1. The van der Waals surface area contributed by atoms with Gasteiger partial charge in [0.25, 0.3) is 5.91 Å². The Morgan fingerprint density at radius 2 is 1.57 bits per heavy atom. The number of rotatable bonds is 6. The van der Waals surface area contributed by atoms with E-state index >= 15 is 0 Å². The molecule has 0 aliphatic carbocycles. The fourth-order valence-corrected chi connectivity index (χ4v) is 2.79. The highest BCUT2D eigenvalue weighted by atomic mass is 16.5. The van der Waals surface area contributed by atoms with Crippen molar-refractivity contribution in [2.75, 3.05) is 5.32 Å². The molecule has 0 spiro atoms. The predicted molar refractivity (Wildman–Crippen MR) is 111 cm³/mol. The monoisotopic (exact) mass is 398 g/mol. The van der Waals surface area contributed by atoms with Crippen LogP contribution in [0.25, 0.3) is 0 Å². The molecule has 0 saturated heterocycles. The van der Waals surface area contributed by atoms with Crippen molar-refractivity contribution in [3.8, 4) is 6.07 Å². The van der Waals surface area contributed by atoms with Gasteiger partial charge in [0.05, 0.1) is 17.2 Å². The highest BCUT2D eigenvalue weighted by Gasteiger charge is 2.23. The van der Waals surface area contributed by atoms with E-state index < -0.39 is 18.0 Å². The lowest BCUT2D eigenvalue weighted by Gasteiger charge is -2.15. The highest BCUT2D eigenvalue weighted by molar-refractivity contribution is 6.14. The molecule has 148 valence electrons. The summed E-state index contributed by atoms with van der Waals surface area (Å²) >= 11 is 0. The molecule has 0 radical (unpaired) electrons. The first-order valence-corrected chi connectivity index (χ1v) is 9.20. The smallest absolute Gasteiger partial charge is 0.339 e. The van der Waals surface area contributed by atoms with Crippen molar-refractivity contribution in [2.45, 2.75) is 13.0 Å². The van der Waals surface area contributed by atoms with Crippen LogP contribution in [0.3, 0.4) is 0 Å². The van der Waals surface area contributed by atoms with Crippen molar-refractivity contribution in [1.82, 2.24) is 0 Å². The van der Waals surface area contributed by atoms with E-state index in [2.05, 4.69) is 5.32 Å². The minimum absolute atomic E-state index is 0.0810. The molecule has 0 saturated carbocycles. The van der Waals surface area contributed by atoms with Crippen LogP contribution in [-0.2, 0) is 9.53 Å². The van der Waals surface area contributed by atoms with E-state index in [9.17, 15) is 14.4 Å². The second kappa shape index (κ2) is 9.30. The number of ketones is 1. The van der Waals surface area contributed by atoms with Gasteiger partial charge in [-0.05, 0) is 31.2 Å². The number of amides is 1. The second-order valence-corrected chi connectivity index (χ2v) is 6.47. The lowest BCUT2D eigenvalue weighted by Crippen LogP contribution is -2.30. The van der Waals surface area contributed by atoms with E-state index in [1.54, 1.807) is 66.7 Å². The van der Waals surface area contributed by atoms with Crippen molar-refractivity contribution < 1.29 is 19.1 Å². The van der Waals surface area contributed by atoms with Gasteiger partial charge >= 0.3 is 5.97 Å². The van der Waals surface area contributed by atoms with E-state index in [-0.39, 0.29) is 16.9 Å². The topological polar surface area (TPSA) is 96.3 Å². The average Bonchev–Trinajstić information content (AvgIpc) is 2.79. The second-order valence-electron chi connectivity index (χ2n) is 6.47. The molecule has 1 amide bonds. The average molecular weight is 398 g/mol. The van der Waals surface area contributed by atoms with E-state index in [0.29, 0.717) is 16.8 Å². The van der Waals surface area contributed by atoms with Crippen molar-refractivity contribution in [1.29, 1.82) is 5.26 Å². The third kappa shape index (κ3) is 4.78. The number of carbonyl (C=O) groups is 3. The summed E-state index contributed by atoms with van der Waals surface area (Å²) in [5.74, 6) is -1.64. The molecule has 30 heavy (non-hydrogen) atoms. The molecule has 1 N–H and O–H groups in total. The Morgan fingerprint density at radius 3 is 2.27 bits per heavy atom. The Morgan fingerprint density at radius 1 is 0.900 bits per heavy atom. The minimum atomic E-state index is -1.11. The number of esters is 1. The number of benzene rings is 3. The molecule has 0 aliphatic heterocycles. The van der Waals surface area contributed by atoms with Gasteiger partial charge in [-0.1, -0.05) is 54.6 Å². The molecule has 3 rings (SSSR count). The third-order valence-electron chi connectivity index (χ3n) is 4.34. The molecule has 0 bridgehead atoms. The van der Waals surface area contributed by atoms with Gasteiger partial charge in [-0.2, -0.15) is 5.26 Å². The Labute approximate surface area is 173 Å². The first-order chi connectivity index (χ1) is 14.5. The summed E-state index contributed by atoms with van der Waals surface area (Å²) in [6, 6.07) is 23.3. The van der Waals surface area contributed by atoms with Gasteiger partial charge in [-0.25, -0.2) is 4.79 Å². The highest BCUT2D eigenvalue weighted by Crippen LogP contribution is 2.17. The van der Waals surface area contributed by atoms with Gasteiger partial charge in [0.2, 0.25) is 0 Å². The molecule has 0 aliphatic rings. The van der Waals surface area contributed by atoms with E-state index in [0.717, 1.165) is 0 Å². The van der Waals surface area contributed by atoms with Crippen LogP contribution < -0.4 is 5.32 Å². The van der Waals surface area contributed by atoms with Crippen molar-refractivity contribution in [3.05, 3.63) is 101 Å². The first-order valence-electron chi connectivity index (χ1n) is 9.20. The fraction of sp³-hybridized carbons (Fsp3) is 0.0833. The van der Waals surface area contributed by atoms with Gasteiger partial charge in [0, 0.05) is 16.8 Å². The van der Waals surface area contributed by atoms with Crippen molar-refractivity contribution in [2.24, 2.45) is 0 Å². The predicted octanol–water partition coefficient (Wildman–Crippen LogP) is 3.97. The fourth-order valence-electron chi connectivity index (χ4n) is 2.79. The lowest BCUT2D eigenvalue weighted by atomic mass is 9.98.